The number of rotatable bonds is 6. The summed E-state index contributed by atoms with van der Waals surface area (Å²) in [4.78, 5) is 11.7. The van der Waals surface area contributed by atoms with Gasteiger partial charge in [-0.2, -0.15) is 0 Å². The van der Waals surface area contributed by atoms with Crippen molar-refractivity contribution in [3.05, 3.63) is 0 Å². The van der Waals surface area contributed by atoms with Gasteiger partial charge in [0.15, 0.2) is 0 Å². The second-order valence-corrected chi connectivity index (χ2v) is 4.38. The molecule has 0 aromatic rings. The molecule has 0 bridgehead atoms. The Morgan fingerprint density at radius 3 is 2.50 bits per heavy atom. The van der Waals surface area contributed by atoms with Crippen LogP contribution < -0.4 is 5.32 Å². The molecule has 84 valence electrons. The van der Waals surface area contributed by atoms with Crippen molar-refractivity contribution in [1.82, 2.24) is 5.32 Å². The second-order valence-electron chi connectivity index (χ2n) is 4.11. The first kappa shape index (κ1) is 13.7. The van der Waals surface area contributed by atoms with Gasteiger partial charge < -0.3 is 10.4 Å². The van der Waals surface area contributed by atoms with E-state index in [1.165, 1.54) is 0 Å². The highest BCUT2D eigenvalue weighted by molar-refractivity contribution is 6.19. The van der Waals surface area contributed by atoms with Crippen LogP contribution >= 0.6 is 11.6 Å². The summed E-state index contributed by atoms with van der Waals surface area (Å²) < 4.78 is 0. The van der Waals surface area contributed by atoms with Gasteiger partial charge in [-0.25, -0.2) is 0 Å². The molecule has 1 unspecified atom stereocenters. The van der Waals surface area contributed by atoms with Crippen LogP contribution in [0.2, 0.25) is 0 Å². The van der Waals surface area contributed by atoms with Crippen LogP contribution in [0.4, 0.5) is 0 Å². The fourth-order valence-electron chi connectivity index (χ4n) is 0.976. The molecule has 4 heteroatoms. The van der Waals surface area contributed by atoms with E-state index < -0.39 is 5.41 Å². The third kappa shape index (κ3) is 4.29. The number of aliphatic hydroxyl groups excluding tert-OH is 1. The van der Waals surface area contributed by atoms with Crippen LogP contribution in [-0.4, -0.2) is 29.5 Å². The molecular weight excluding hydrogens is 202 g/mol. The van der Waals surface area contributed by atoms with Gasteiger partial charge in [-0.15, -0.1) is 11.6 Å². The normalized spacial score (nSPS) is 13.8. The van der Waals surface area contributed by atoms with Crippen molar-refractivity contribution in [2.24, 2.45) is 5.41 Å². The summed E-state index contributed by atoms with van der Waals surface area (Å²) in [7, 11) is 0. The third-order valence-corrected chi connectivity index (χ3v) is 2.92. The zero-order chi connectivity index (χ0) is 11.2. The second kappa shape index (κ2) is 6.25. The van der Waals surface area contributed by atoms with Crippen molar-refractivity contribution in [1.29, 1.82) is 0 Å². The van der Waals surface area contributed by atoms with E-state index in [1.807, 2.05) is 6.92 Å². The van der Waals surface area contributed by atoms with Crippen molar-refractivity contribution >= 4 is 17.5 Å². The summed E-state index contributed by atoms with van der Waals surface area (Å²) in [5, 5.41) is 11.6. The molecule has 0 rings (SSSR count). The molecule has 0 fully saturated rings. The van der Waals surface area contributed by atoms with Crippen molar-refractivity contribution in [2.45, 2.75) is 39.7 Å². The fourth-order valence-corrected chi connectivity index (χ4v) is 1.10. The van der Waals surface area contributed by atoms with E-state index in [0.29, 0.717) is 12.3 Å². The summed E-state index contributed by atoms with van der Waals surface area (Å²) in [6, 6.07) is 0.0509. The van der Waals surface area contributed by atoms with Crippen LogP contribution in [0, 0.1) is 5.41 Å². The average molecular weight is 222 g/mol. The molecule has 0 aliphatic heterocycles. The summed E-state index contributed by atoms with van der Waals surface area (Å²) in [6.45, 7) is 5.69. The highest BCUT2D eigenvalue weighted by Gasteiger charge is 2.27. The van der Waals surface area contributed by atoms with Crippen LogP contribution in [0.3, 0.4) is 0 Å². The number of nitrogens with one attached hydrogen (secondary N) is 1. The van der Waals surface area contributed by atoms with E-state index in [1.54, 1.807) is 13.8 Å². The number of amides is 1. The number of aliphatic hydroxyl groups is 1. The largest absolute Gasteiger partial charge is 0.396 e. The number of carbonyl (C=O) groups excluding carboxylic acids is 1. The maximum atomic E-state index is 11.7. The predicted octanol–water partition coefficient (Wildman–Crippen LogP) is 1.53. The first-order valence-corrected chi connectivity index (χ1v) is 5.49. The topological polar surface area (TPSA) is 49.3 Å². The fraction of sp³-hybridized carbons (Fsp3) is 0.900. The Balaban J connectivity index is 4.15. The Kier molecular flexibility index (Phi) is 6.12. The van der Waals surface area contributed by atoms with Crippen molar-refractivity contribution in [3.63, 3.8) is 0 Å². The lowest BCUT2D eigenvalue weighted by Crippen LogP contribution is -2.43. The zero-order valence-electron chi connectivity index (χ0n) is 9.14. The molecule has 0 aliphatic rings. The molecule has 14 heavy (non-hydrogen) atoms. The molecule has 0 aliphatic carbocycles. The van der Waals surface area contributed by atoms with Gasteiger partial charge >= 0.3 is 0 Å². The van der Waals surface area contributed by atoms with Gasteiger partial charge in [0.2, 0.25) is 5.91 Å². The predicted molar refractivity (Wildman–Crippen MR) is 58.4 cm³/mol. The molecule has 0 aromatic carbocycles. The standard InChI is InChI=1S/C10H20ClNO2/c1-4-8(5-6-13)12-9(14)10(2,3)7-11/h8,13H,4-7H2,1-3H3,(H,12,14). The summed E-state index contributed by atoms with van der Waals surface area (Å²) in [6.07, 6.45) is 1.42. The van der Waals surface area contributed by atoms with Crippen LogP contribution in [0.1, 0.15) is 33.6 Å². The number of alkyl halides is 1. The van der Waals surface area contributed by atoms with Gasteiger partial charge in [-0.1, -0.05) is 6.92 Å². The van der Waals surface area contributed by atoms with E-state index in [0.717, 1.165) is 6.42 Å². The Morgan fingerprint density at radius 2 is 2.14 bits per heavy atom. The van der Waals surface area contributed by atoms with E-state index in [9.17, 15) is 4.79 Å². The Bertz CT molecular complexity index is 183. The molecule has 0 saturated heterocycles. The number of hydrogen-bond donors (Lipinski definition) is 2. The minimum atomic E-state index is -0.537. The van der Waals surface area contributed by atoms with E-state index >= 15 is 0 Å². The van der Waals surface area contributed by atoms with Gasteiger partial charge in [0.25, 0.3) is 0 Å². The first-order chi connectivity index (χ1) is 6.47. The maximum absolute atomic E-state index is 11.7. The van der Waals surface area contributed by atoms with Gasteiger partial charge in [0, 0.05) is 18.5 Å². The molecule has 0 spiro atoms. The molecule has 2 N–H and O–H groups in total. The lowest BCUT2D eigenvalue weighted by molar-refractivity contribution is -0.129. The summed E-state index contributed by atoms with van der Waals surface area (Å²) in [5.41, 5.74) is -0.537. The minimum Gasteiger partial charge on any atom is -0.396 e. The van der Waals surface area contributed by atoms with Gasteiger partial charge in [0.1, 0.15) is 0 Å². The smallest absolute Gasteiger partial charge is 0.227 e. The molecule has 1 atom stereocenters. The molecule has 3 nitrogen and oxygen atoms in total. The Labute approximate surface area is 90.8 Å². The van der Waals surface area contributed by atoms with Crippen LogP contribution in [-0.2, 0) is 4.79 Å². The van der Waals surface area contributed by atoms with E-state index in [-0.39, 0.29) is 18.6 Å². The molecule has 0 saturated carbocycles. The van der Waals surface area contributed by atoms with Gasteiger partial charge in [0.05, 0.1) is 5.41 Å². The number of halogens is 1. The van der Waals surface area contributed by atoms with Crippen molar-refractivity contribution in [2.75, 3.05) is 12.5 Å². The molecule has 1 amide bonds. The average Bonchev–Trinajstić information content (AvgIpc) is 2.16. The third-order valence-electron chi connectivity index (χ3n) is 2.25. The molecule has 0 radical (unpaired) electrons. The Morgan fingerprint density at radius 1 is 1.57 bits per heavy atom. The molecule has 0 aromatic heterocycles. The quantitative estimate of drug-likeness (QED) is 0.669. The monoisotopic (exact) mass is 221 g/mol. The minimum absolute atomic E-state index is 0.0483. The van der Waals surface area contributed by atoms with E-state index in [4.69, 9.17) is 16.7 Å². The maximum Gasteiger partial charge on any atom is 0.227 e. The lowest BCUT2D eigenvalue weighted by Gasteiger charge is -2.24. The van der Waals surface area contributed by atoms with Crippen molar-refractivity contribution in [3.8, 4) is 0 Å². The van der Waals surface area contributed by atoms with Gasteiger partial charge in [-0.3, -0.25) is 4.79 Å². The lowest BCUT2D eigenvalue weighted by atomic mass is 9.94. The number of carbonyl (C=O) groups is 1. The molecular formula is C10H20ClNO2. The van der Waals surface area contributed by atoms with E-state index in [2.05, 4.69) is 5.32 Å². The SMILES string of the molecule is CCC(CCO)NC(=O)C(C)(C)CCl. The summed E-state index contributed by atoms with van der Waals surface area (Å²) in [5.74, 6) is 0.252. The van der Waals surface area contributed by atoms with Gasteiger partial charge in [-0.05, 0) is 26.7 Å². The highest BCUT2D eigenvalue weighted by atomic mass is 35.5. The van der Waals surface area contributed by atoms with Crippen molar-refractivity contribution < 1.29 is 9.90 Å². The van der Waals surface area contributed by atoms with Crippen LogP contribution in [0.15, 0.2) is 0 Å². The first-order valence-electron chi connectivity index (χ1n) is 4.95. The Hall–Kier alpha value is -0.280. The van der Waals surface area contributed by atoms with Crippen LogP contribution in [0.25, 0.3) is 0 Å². The zero-order valence-corrected chi connectivity index (χ0v) is 9.90. The van der Waals surface area contributed by atoms with Crippen LogP contribution in [0.5, 0.6) is 0 Å². The molecule has 0 heterocycles. The summed E-state index contributed by atoms with van der Waals surface area (Å²) >= 11 is 5.68. The number of hydrogen-bond acceptors (Lipinski definition) is 2. The highest BCUT2D eigenvalue weighted by Crippen LogP contribution is 2.17.